The van der Waals surface area contributed by atoms with Gasteiger partial charge in [0, 0.05) is 10.7 Å². The SMILES string of the molecule is Cc1onc(C(=O)Nc2nn(Cc3ccc(Br)cc3)cc2Br)c1COc1ccccc1F. The number of anilines is 1. The smallest absolute Gasteiger partial charge is 0.279 e. The number of halogens is 3. The van der Waals surface area contributed by atoms with E-state index in [0.717, 1.165) is 10.0 Å². The lowest BCUT2D eigenvalue weighted by Gasteiger charge is -2.07. The van der Waals surface area contributed by atoms with Crippen LogP contribution in [0.3, 0.4) is 0 Å². The van der Waals surface area contributed by atoms with Gasteiger partial charge in [-0.3, -0.25) is 9.48 Å². The zero-order chi connectivity index (χ0) is 22.7. The largest absolute Gasteiger partial charge is 0.486 e. The molecule has 0 aliphatic carbocycles. The Balaban J connectivity index is 1.47. The van der Waals surface area contributed by atoms with E-state index in [1.165, 1.54) is 12.1 Å². The van der Waals surface area contributed by atoms with Crippen molar-refractivity contribution in [3.63, 3.8) is 0 Å². The van der Waals surface area contributed by atoms with Crippen LogP contribution in [0.4, 0.5) is 10.2 Å². The number of rotatable bonds is 7. The Hall–Kier alpha value is -2.98. The second-order valence-electron chi connectivity index (χ2n) is 6.89. The van der Waals surface area contributed by atoms with Crippen LogP contribution in [0, 0.1) is 12.7 Å². The van der Waals surface area contributed by atoms with Crippen LogP contribution in [-0.2, 0) is 13.2 Å². The quantitative estimate of drug-likeness (QED) is 0.311. The van der Waals surface area contributed by atoms with Gasteiger partial charge in [0.05, 0.1) is 16.6 Å². The van der Waals surface area contributed by atoms with E-state index in [0.29, 0.717) is 28.2 Å². The van der Waals surface area contributed by atoms with Crippen molar-refractivity contribution in [2.75, 3.05) is 5.32 Å². The highest BCUT2D eigenvalue weighted by Crippen LogP contribution is 2.24. The first-order chi connectivity index (χ1) is 15.4. The lowest BCUT2D eigenvalue weighted by atomic mass is 10.2. The van der Waals surface area contributed by atoms with Crippen LogP contribution in [0.15, 0.2) is 68.2 Å². The molecule has 0 bridgehead atoms. The molecule has 164 valence electrons. The molecule has 0 radical (unpaired) electrons. The van der Waals surface area contributed by atoms with E-state index in [9.17, 15) is 9.18 Å². The first kappa shape index (κ1) is 22.2. The number of nitrogens with one attached hydrogen (secondary N) is 1. The molecule has 0 fully saturated rings. The van der Waals surface area contributed by atoms with Crippen LogP contribution in [0.2, 0.25) is 0 Å². The van der Waals surface area contributed by atoms with Crippen molar-refractivity contribution in [3.8, 4) is 5.75 Å². The number of amides is 1. The molecule has 4 rings (SSSR count). The van der Waals surface area contributed by atoms with E-state index in [2.05, 4.69) is 47.4 Å². The van der Waals surface area contributed by atoms with Gasteiger partial charge in [0.1, 0.15) is 12.4 Å². The van der Waals surface area contributed by atoms with Crippen LogP contribution in [-0.4, -0.2) is 20.8 Å². The minimum Gasteiger partial charge on any atom is -0.486 e. The zero-order valence-corrected chi connectivity index (χ0v) is 20.0. The fourth-order valence-corrected chi connectivity index (χ4v) is 3.64. The lowest BCUT2D eigenvalue weighted by Crippen LogP contribution is -2.16. The van der Waals surface area contributed by atoms with Gasteiger partial charge in [-0.15, -0.1) is 0 Å². The topological polar surface area (TPSA) is 82.2 Å². The predicted octanol–water partition coefficient (Wildman–Crippen LogP) is 5.72. The van der Waals surface area contributed by atoms with Crippen molar-refractivity contribution >= 4 is 43.6 Å². The summed E-state index contributed by atoms with van der Waals surface area (Å²) in [5.41, 5.74) is 1.53. The molecule has 0 atom stereocenters. The van der Waals surface area contributed by atoms with Crippen LogP contribution in [0.25, 0.3) is 0 Å². The summed E-state index contributed by atoms with van der Waals surface area (Å²) in [7, 11) is 0. The molecular weight excluding hydrogens is 547 g/mol. The number of benzene rings is 2. The molecule has 0 saturated carbocycles. The highest BCUT2D eigenvalue weighted by atomic mass is 79.9. The Morgan fingerprint density at radius 2 is 1.94 bits per heavy atom. The van der Waals surface area contributed by atoms with E-state index in [-0.39, 0.29) is 18.1 Å². The lowest BCUT2D eigenvalue weighted by molar-refractivity contribution is 0.101. The second-order valence-corrected chi connectivity index (χ2v) is 8.66. The van der Waals surface area contributed by atoms with Crippen molar-refractivity contribution < 1.29 is 18.4 Å². The highest BCUT2D eigenvalue weighted by molar-refractivity contribution is 9.10. The first-order valence-electron chi connectivity index (χ1n) is 9.52. The van der Waals surface area contributed by atoms with Crippen molar-refractivity contribution in [3.05, 3.63) is 92.1 Å². The fraction of sp³-hybridized carbons (Fsp3) is 0.136. The third-order valence-electron chi connectivity index (χ3n) is 4.62. The molecule has 1 N–H and O–H groups in total. The minimum absolute atomic E-state index is 0.0493. The monoisotopic (exact) mass is 562 g/mol. The van der Waals surface area contributed by atoms with Gasteiger partial charge >= 0.3 is 0 Å². The molecule has 0 spiro atoms. The summed E-state index contributed by atoms with van der Waals surface area (Å²) in [6, 6.07) is 13.9. The molecule has 0 aliphatic heterocycles. The van der Waals surface area contributed by atoms with Gasteiger partial charge in [0.15, 0.2) is 23.1 Å². The summed E-state index contributed by atoms with van der Waals surface area (Å²) < 4.78 is 27.8. The standard InChI is InChI=1S/C22H17Br2FN4O3/c1-13-16(12-31-19-5-3-2-4-18(19)25)20(28-32-13)22(30)26-21-17(24)11-29(27-21)10-14-6-8-15(23)9-7-14/h2-9,11H,10,12H2,1H3,(H,26,27,30). The Morgan fingerprint density at radius 1 is 1.19 bits per heavy atom. The number of carbonyl (C=O) groups excluding carboxylic acids is 1. The number of aryl methyl sites for hydroxylation is 1. The Labute approximate surface area is 199 Å². The Bertz CT molecular complexity index is 1250. The molecule has 7 nitrogen and oxygen atoms in total. The molecule has 32 heavy (non-hydrogen) atoms. The van der Waals surface area contributed by atoms with Crippen molar-refractivity contribution in [1.29, 1.82) is 0 Å². The van der Waals surface area contributed by atoms with Crippen molar-refractivity contribution in [2.45, 2.75) is 20.1 Å². The molecule has 2 aromatic heterocycles. The summed E-state index contributed by atoms with van der Waals surface area (Å²) in [6.07, 6.45) is 1.77. The molecule has 2 heterocycles. The molecule has 10 heteroatoms. The van der Waals surface area contributed by atoms with E-state index < -0.39 is 11.7 Å². The molecule has 0 saturated heterocycles. The van der Waals surface area contributed by atoms with E-state index in [4.69, 9.17) is 9.26 Å². The highest BCUT2D eigenvalue weighted by Gasteiger charge is 2.22. The van der Waals surface area contributed by atoms with Gasteiger partial charge in [0.25, 0.3) is 5.91 Å². The van der Waals surface area contributed by atoms with Crippen molar-refractivity contribution in [1.82, 2.24) is 14.9 Å². The first-order valence-corrected chi connectivity index (χ1v) is 11.1. The number of aromatic nitrogens is 3. The van der Waals surface area contributed by atoms with Gasteiger partial charge in [-0.2, -0.15) is 5.10 Å². The van der Waals surface area contributed by atoms with Gasteiger partial charge < -0.3 is 14.6 Å². The molecular formula is C22H17Br2FN4O3. The third kappa shape index (κ3) is 5.08. The van der Waals surface area contributed by atoms with Crippen LogP contribution < -0.4 is 10.1 Å². The van der Waals surface area contributed by atoms with Gasteiger partial charge in [0.2, 0.25) is 0 Å². The Kier molecular flexibility index (Phi) is 6.71. The van der Waals surface area contributed by atoms with Gasteiger partial charge in [-0.25, -0.2) is 4.39 Å². The van der Waals surface area contributed by atoms with Crippen LogP contribution in [0.1, 0.15) is 27.4 Å². The van der Waals surface area contributed by atoms with E-state index in [1.807, 2.05) is 24.3 Å². The van der Waals surface area contributed by atoms with Crippen LogP contribution >= 0.6 is 31.9 Å². The number of para-hydroxylation sites is 1. The second kappa shape index (κ2) is 9.66. The number of hydrogen-bond acceptors (Lipinski definition) is 5. The van der Waals surface area contributed by atoms with Gasteiger partial charge in [-0.05, 0) is 52.7 Å². The summed E-state index contributed by atoms with van der Waals surface area (Å²) >= 11 is 6.83. The minimum atomic E-state index is -0.511. The van der Waals surface area contributed by atoms with Crippen LogP contribution in [0.5, 0.6) is 5.75 Å². The van der Waals surface area contributed by atoms with Crippen molar-refractivity contribution in [2.24, 2.45) is 0 Å². The Morgan fingerprint density at radius 3 is 2.69 bits per heavy atom. The summed E-state index contributed by atoms with van der Waals surface area (Å²) in [4.78, 5) is 12.8. The number of carbonyl (C=O) groups is 1. The maximum atomic E-state index is 13.8. The third-order valence-corrected chi connectivity index (χ3v) is 5.72. The molecule has 0 unspecified atom stereocenters. The fourth-order valence-electron chi connectivity index (χ4n) is 2.96. The van der Waals surface area contributed by atoms with E-state index >= 15 is 0 Å². The zero-order valence-electron chi connectivity index (χ0n) is 16.8. The normalized spacial score (nSPS) is 10.9. The molecule has 2 aromatic carbocycles. The molecule has 4 aromatic rings. The maximum Gasteiger partial charge on any atom is 0.279 e. The van der Waals surface area contributed by atoms with E-state index in [1.54, 1.807) is 29.9 Å². The number of ether oxygens (including phenoxy) is 1. The number of nitrogens with zero attached hydrogens (tertiary/aromatic N) is 3. The van der Waals surface area contributed by atoms with Gasteiger partial charge in [-0.1, -0.05) is 45.4 Å². The predicted molar refractivity (Wildman–Crippen MR) is 123 cm³/mol. The average molecular weight is 564 g/mol. The number of hydrogen-bond donors (Lipinski definition) is 1. The molecule has 0 aliphatic rings. The molecule has 1 amide bonds. The average Bonchev–Trinajstić information content (AvgIpc) is 3.31. The maximum absolute atomic E-state index is 13.8. The summed E-state index contributed by atoms with van der Waals surface area (Å²) in [6.45, 7) is 2.12. The summed E-state index contributed by atoms with van der Waals surface area (Å²) in [5.74, 6) is -0.176. The summed E-state index contributed by atoms with van der Waals surface area (Å²) in [5, 5.41) is 11.0.